The SMILES string of the molecule is CCCCCCCCCCCC(=O)OC[C@H](COC(=O)CCC)OC(=O)CCC. The maximum absolute atomic E-state index is 11.9. The summed E-state index contributed by atoms with van der Waals surface area (Å²) >= 11 is 0. The third kappa shape index (κ3) is 18.2. The average Bonchev–Trinajstić information content (AvgIpc) is 2.69. The van der Waals surface area contributed by atoms with Crippen molar-refractivity contribution in [1.29, 1.82) is 0 Å². The van der Waals surface area contributed by atoms with Crippen molar-refractivity contribution >= 4 is 17.9 Å². The van der Waals surface area contributed by atoms with Crippen LogP contribution in [0.25, 0.3) is 0 Å². The van der Waals surface area contributed by atoms with Crippen LogP contribution in [-0.2, 0) is 28.6 Å². The van der Waals surface area contributed by atoms with Gasteiger partial charge in [0.15, 0.2) is 6.10 Å². The number of esters is 3. The third-order valence-corrected chi connectivity index (χ3v) is 4.55. The highest BCUT2D eigenvalue weighted by molar-refractivity contribution is 5.71. The van der Waals surface area contributed by atoms with Crippen molar-refractivity contribution in [2.24, 2.45) is 0 Å². The lowest BCUT2D eigenvalue weighted by Crippen LogP contribution is -2.30. The third-order valence-electron chi connectivity index (χ3n) is 4.55. The molecule has 0 aromatic carbocycles. The first-order chi connectivity index (χ1) is 14.0. The summed E-state index contributed by atoms with van der Waals surface area (Å²) in [6, 6.07) is 0. The van der Waals surface area contributed by atoms with Crippen LogP contribution in [0.2, 0.25) is 0 Å². The van der Waals surface area contributed by atoms with Crippen LogP contribution in [0.3, 0.4) is 0 Å². The average molecular weight is 415 g/mol. The minimum Gasteiger partial charge on any atom is -0.462 e. The molecule has 0 bridgehead atoms. The Morgan fingerprint density at radius 2 is 1.00 bits per heavy atom. The fourth-order valence-electron chi connectivity index (χ4n) is 2.87. The highest BCUT2D eigenvalue weighted by atomic mass is 16.6. The van der Waals surface area contributed by atoms with Crippen molar-refractivity contribution in [3.8, 4) is 0 Å². The van der Waals surface area contributed by atoms with E-state index < -0.39 is 6.10 Å². The Morgan fingerprint density at radius 1 is 0.552 bits per heavy atom. The molecule has 0 aliphatic rings. The summed E-state index contributed by atoms with van der Waals surface area (Å²) in [6.45, 7) is 5.82. The van der Waals surface area contributed by atoms with Gasteiger partial charge in [-0.3, -0.25) is 14.4 Å². The van der Waals surface area contributed by atoms with Gasteiger partial charge in [-0.25, -0.2) is 0 Å². The van der Waals surface area contributed by atoms with Gasteiger partial charge in [0.25, 0.3) is 0 Å². The second kappa shape index (κ2) is 19.7. The zero-order valence-corrected chi connectivity index (χ0v) is 18.8. The maximum atomic E-state index is 11.9. The molecule has 0 saturated carbocycles. The zero-order chi connectivity index (χ0) is 21.7. The summed E-state index contributed by atoms with van der Waals surface area (Å²) in [5, 5.41) is 0. The van der Waals surface area contributed by atoms with Gasteiger partial charge < -0.3 is 14.2 Å². The van der Waals surface area contributed by atoms with Crippen molar-refractivity contribution in [1.82, 2.24) is 0 Å². The monoisotopic (exact) mass is 414 g/mol. The molecule has 1 atom stereocenters. The highest BCUT2D eigenvalue weighted by Crippen LogP contribution is 2.11. The van der Waals surface area contributed by atoms with E-state index in [9.17, 15) is 14.4 Å². The first-order valence-corrected chi connectivity index (χ1v) is 11.5. The topological polar surface area (TPSA) is 78.9 Å². The molecule has 170 valence electrons. The Bertz CT molecular complexity index is 435. The Kier molecular flexibility index (Phi) is 18.6. The van der Waals surface area contributed by atoms with Crippen LogP contribution in [0.5, 0.6) is 0 Å². The summed E-state index contributed by atoms with van der Waals surface area (Å²) < 4.78 is 15.6. The zero-order valence-electron chi connectivity index (χ0n) is 18.8. The standard InChI is InChI=1S/C23H42O6/c1-4-7-8-9-10-11-12-13-14-17-22(25)28-19-20(29-23(26)16-6-3)18-27-21(24)15-5-2/h20H,4-19H2,1-3H3/t20-/m0/s1. The van der Waals surface area contributed by atoms with Gasteiger partial charge in [-0.2, -0.15) is 0 Å². The van der Waals surface area contributed by atoms with Crippen molar-refractivity contribution in [3.63, 3.8) is 0 Å². The van der Waals surface area contributed by atoms with Crippen LogP contribution in [0.15, 0.2) is 0 Å². The van der Waals surface area contributed by atoms with Crippen molar-refractivity contribution < 1.29 is 28.6 Å². The molecule has 0 N–H and O–H groups in total. The molecule has 29 heavy (non-hydrogen) atoms. The van der Waals surface area contributed by atoms with E-state index >= 15 is 0 Å². The summed E-state index contributed by atoms with van der Waals surface area (Å²) in [4.78, 5) is 35.2. The molecular formula is C23H42O6. The Hall–Kier alpha value is -1.59. The number of carbonyl (C=O) groups is 3. The number of carbonyl (C=O) groups excluding carboxylic acids is 3. The molecule has 0 aliphatic heterocycles. The predicted octanol–water partition coefficient (Wildman–Crippen LogP) is 5.51. The molecule has 0 aliphatic carbocycles. The number of hydrogen-bond acceptors (Lipinski definition) is 6. The van der Waals surface area contributed by atoms with Crippen LogP contribution in [0.4, 0.5) is 0 Å². The first-order valence-electron chi connectivity index (χ1n) is 11.5. The molecule has 0 amide bonds. The minimum atomic E-state index is -0.748. The fraction of sp³-hybridized carbons (Fsp3) is 0.870. The lowest BCUT2D eigenvalue weighted by molar-refractivity contribution is -0.166. The van der Waals surface area contributed by atoms with Crippen LogP contribution >= 0.6 is 0 Å². The molecule has 0 spiro atoms. The number of ether oxygens (including phenoxy) is 3. The van der Waals surface area contributed by atoms with Crippen molar-refractivity contribution in [2.75, 3.05) is 13.2 Å². The number of unbranched alkanes of at least 4 members (excludes halogenated alkanes) is 8. The Balaban J connectivity index is 4.00. The van der Waals surface area contributed by atoms with Gasteiger partial charge in [0, 0.05) is 19.3 Å². The van der Waals surface area contributed by atoms with Crippen molar-refractivity contribution in [2.45, 2.75) is 117 Å². The molecule has 6 heteroatoms. The molecule has 0 aromatic heterocycles. The van der Waals surface area contributed by atoms with E-state index in [1.807, 2.05) is 13.8 Å². The van der Waals surface area contributed by atoms with Gasteiger partial charge in [-0.1, -0.05) is 72.1 Å². The molecular weight excluding hydrogens is 372 g/mol. The molecule has 0 saturated heterocycles. The smallest absolute Gasteiger partial charge is 0.306 e. The molecule has 0 radical (unpaired) electrons. The number of rotatable bonds is 19. The molecule has 0 unspecified atom stereocenters. The van der Waals surface area contributed by atoms with E-state index in [2.05, 4.69) is 6.92 Å². The fourth-order valence-corrected chi connectivity index (χ4v) is 2.87. The lowest BCUT2D eigenvalue weighted by atomic mass is 10.1. The minimum absolute atomic E-state index is 0.0783. The molecule has 6 nitrogen and oxygen atoms in total. The largest absolute Gasteiger partial charge is 0.462 e. The van der Waals surface area contributed by atoms with E-state index in [0.717, 1.165) is 19.3 Å². The molecule has 0 heterocycles. The molecule has 0 rings (SSSR count). The van der Waals surface area contributed by atoms with Crippen molar-refractivity contribution in [3.05, 3.63) is 0 Å². The highest BCUT2D eigenvalue weighted by Gasteiger charge is 2.19. The second-order valence-corrected chi connectivity index (χ2v) is 7.56. The van der Waals surface area contributed by atoms with Crippen LogP contribution < -0.4 is 0 Å². The Morgan fingerprint density at radius 3 is 1.52 bits per heavy atom. The number of hydrogen-bond donors (Lipinski definition) is 0. The normalized spacial score (nSPS) is 11.7. The van der Waals surface area contributed by atoms with E-state index in [1.165, 1.54) is 38.5 Å². The van der Waals surface area contributed by atoms with Crippen LogP contribution in [0, 0.1) is 0 Å². The molecule has 0 fully saturated rings. The van der Waals surface area contributed by atoms with Crippen LogP contribution in [-0.4, -0.2) is 37.2 Å². The molecule has 0 aromatic rings. The van der Waals surface area contributed by atoms with Gasteiger partial charge in [-0.15, -0.1) is 0 Å². The van der Waals surface area contributed by atoms with Gasteiger partial charge in [-0.05, 0) is 19.3 Å². The maximum Gasteiger partial charge on any atom is 0.306 e. The van der Waals surface area contributed by atoms with E-state index in [1.54, 1.807) is 0 Å². The first kappa shape index (κ1) is 27.4. The van der Waals surface area contributed by atoms with Crippen LogP contribution in [0.1, 0.15) is 111 Å². The van der Waals surface area contributed by atoms with Gasteiger partial charge in [0.1, 0.15) is 13.2 Å². The predicted molar refractivity (Wildman–Crippen MR) is 113 cm³/mol. The summed E-state index contributed by atoms with van der Waals surface area (Å²) in [6.07, 6.45) is 12.2. The van der Waals surface area contributed by atoms with Gasteiger partial charge >= 0.3 is 17.9 Å². The van der Waals surface area contributed by atoms with E-state index in [0.29, 0.717) is 25.7 Å². The van der Waals surface area contributed by atoms with E-state index in [-0.39, 0.29) is 37.5 Å². The quantitative estimate of drug-likeness (QED) is 0.158. The Labute approximate surface area is 177 Å². The van der Waals surface area contributed by atoms with E-state index in [4.69, 9.17) is 14.2 Å². The van der Waals surface area contributed by atoms with Gasteiger partial charge in [0.2, 0.25) is 0 Å². The lowest BCUT2D eigenvalue weighted by Gasteiger charge is -2.18. The summed E-state index contributed by atoms with van der Waals surface area (Å²) in [7, 11) is 0. The summed E-state index contributed by atoms with van der Waals surface area (Å²) in [5.74, 6) is -1.02. The summed E-state index contributed by atoms with van der Waals surface area (Å²) in [5.41, 5.74) is 0. The second-order valence-electron chi connectivity index (χ2n) is 7.56. The van der Waals surface area contributed by atoms with Gasteiger partial charge in [0.05, 0.1) is 0 Å².